The second-order valence-corrected chi connectivity index (χ2v) is 5.61. The van der Waals surface area contributed by atoms with Gasteiger partial charge in [-0.05, 0) is 42.7 Å². The first-order chi connectivity index (χ1) is 9.02. The van der Waals surface area contributed by atoms with Gasteiger partial charge in [-0.15, -0.1) is 0 Å². The van der Waals surface area contributed by atoms with Gasteiger partial charge in [0.2, 0.25) is 0 Å². The van der Waals surface area contributed by atoms with E-state index in [4.69, 9.17) is 16.3 Å². The van der Waals surface area contributed by atoms with Crippen molar-refractivity contribution in [1.82, 2.24) is 5.32 Å². The molecule has 0 aliphatic carbocycles. The monoisotopic (exact) mass is 281 g/mol. The molecule has 1 N–H and O–H groups in total. The highest BCUT2D eigenvalue weighted by atomic mass is 35.5. The molecule has 0 aliphatic heterocycles. The van der Waals surface area contributed by atoms with Crippen molar-refractivity contribution < 1.29 is 4.74 Å². The normalized spacial score (nSPS) is 10.8. The Balaban J connectivity index is 2.65. The molecular weight excluding hydrogens is 258 g/mol. The maximum atomic E-state index is 6.05. The summed E-state index contributed by atoms with van der Waals surface area (Å²) in [6.45, 7) is 12.7. The molecule has 19 heavy (non-hydrogen) atoms. The largest absolute Gasteiger partial charge is 0.489 e. The van der Waals surface area contributed by atoms with Crippen LogP contribution in [0.1, 0.15) is 32.8 Å². The lowest BCUT2D eigenvalue weighted by Gasteiger charge is -2.14. The first kappa shape index (κ1) is 16.1. The lowest BCUT2D eigenvalue weighted by Crippen LogP contribution is -2.19. The molecule has 0 heterocycles. The van der Waals surface area contributed by atoms with E-state index in [1.54, 1.807) is 0 Å². The summed E-state index contributed by atoms with van der Waals surface area (Å²) in [5, 5.41) is 4.15. The van der Waals surface area contributed by atoms with Crippen LogP contribution in [-0.4, -0.2) is 13.2 Å². The molecule has 1 aromatic rings. The molecule has 2 nitrogen and oxygen atoms in total. The van der Waals surface area contributed by atoms with Crippen LogP contribution in [0.2, 0.25) is 5.02 Å². The van der Waals surface area contributed by atoms with Gasteiger partial charge in [-0.3, -0.25) is 0 Å². The van der Waals surface area contributed by atoms with Gasteiger partial charge in [0, 0.05) is 17.1 Å². The summed E-state index contributed by atoms with van der Waals surface area (Å²) in [6, 6.07) is 5.74. The SMILES string of the molecule is C=C(CC)COc1ccc(Cl)cc1CNCC(C)C. The minimum atomic E-state index is 0.565. The Hall–Kier alpha value is -0.990. The van der Waals surface area contributed by atoms with Crippen LogP contribution >= 0.6 is 11.6 Å². The molecule has 0 radical (unpaired) electrons. The molecular formula is C16H24ClNO. The number of halogens is 1. The minimum Gasteiger partial charge on any atom is -0.489 e. The van der Waals surface area contributed by atoms with E-state index in [2.05, 4.69) is 32.7 Å². The molecule has 1 aromatic carbocycles. The molecule has 0 fully saturated rings. The Bertz CT molecular complexity index is 415. The second-order valence-electron chi connectivity index (χ2n) is 5.17. The van der Waals surface area contributed by atoms with Crippen molar-refractivity contribution in [3.63, 3.8) is 0 Å². The highest BCUT2D eigenvalue weighted by Gasteiger charge is 2.06. The first-order valence-corrected chi connectivity index (χ1v) is 7.19. The zero-order valence-electron chi connectivity index (χ0n) is 12.1. The predicted molar refractivity (Wildman–Crippen MR) is 82.9 cm³/mol. The lowest BCUT2D eigenvalue weighted by atomic mass is 10.1. The summed E-state index contributed by atoms with van der Waals surface area (Å²) in [4.78, 5) is 0. The molecule has 0 saturated carbocycles. The van der Waals surface area contributed by atoms with Crippen molar-refractivity contribution in [3.8, 4) is 5.75 Å². The van der Waals surface area contributed by atoms with Crippen LogP contribution in [-0.2, 0) is 6.54 Å². The van der Waals surface area contributed by atoms with E-state index in [1.165, 1.54) is 0 Å². The molecule has 0 spiro atoms. The van der Waals surface area contributed by atoms with Crippen molar-refractivity contribution in [2.45, 2.75) is 33.7 Å². The Morgan fingerprint density at radius 3 is 2.79 bits per heavy atom. The van der Waals surface area contributed by atoms with Crippen molar-refractivity contribution in [2.75, 3.05) is 13.2 Å². The molecule has 0 aliphatic rings. The van der Waals surface area contributed by atoms with Crippen LogP contribution in [0.25, 0.3) is 0 Å². The summed E-state index contributed by atoms with van der Waals surface area (Å²) in [7, 11) is 0. The van der Waals surface area contributed by atoms with Crippen molar-refractivity contribution in [1.29, 1.82) is 0 Å². The summed E-state index contributed by atoms with van der Waals surface area (Å²) >= 11 is 6.05. The van der Waals surface area contributed by atoms with E-state index in [9.17, 15) is 0 Å². The summed E-state index contributed by atoms with van der Waals surface area (Å²) < 4.78 is 5.80. The minimum absolute atomic E-state index is 0.565. The van der Waals surface area contributed by atoms with E-state index >= 15 is 0 Å². The number of ether oxygens (including phenoxy) is 1. The van der Waals surface area contributed by atoms with Gasteiger partial charge in [0.15, 0.2) is 0 Å². The topological polar surface area (TPSA) is 21.3 Å². The van der Waals surface area contributed by atoms with Crippen LogP contribution < -0.4 is 10.1 Å². The second kappa shape index (κ2) is 8.23. The van der Waals surface area contributed by atoms with Crippen molar-refractivity contribution in [2.24, 2.45) is 5.92 Å². The maximum Gasteiger partial charge on any atom is 0.124 e. The van der Waals surface area contributed by atoms with Gasteiger partial charge in [0.1, 0.15) is 12.4 Å². The highest BCUT2D eigenvalue weighted by molar-refractivity contribution is 6.30. The van der Waals surface area contributed by atoms with Gasteiger partial charge in [0.25, 0.3) is 0 Å². The molecule has 0 bridgehead atoms. The first-order valence-electron chi connectivity index (χ1n) is 6.81. The van der Waals surface area contributed by atoms with E-state index in [0.717, 1.165) is 41.4 Å². The van der Waals surface area contributed by atoms with Crippen LogP contribution in [0.3, 0.4) is 0 Å². The fourth-order valence-electron chi connectivity index (χ4n) is 1.60. The molecule has 0 aromatic heterocycles. The molecule has 0 unspecified atom stereocenters. The Morgan fingerprint density at radius 2 is 2.16 bits per heavy atom. The number of hydrogen-bond donors (Lipinski definition) is 1. The zero-order valence-corrected chi connectivity index (χ0v) is 12.9. The fraction of sp³-hybridized carbons (Fsp3) is 0.500. The smallest absolute Gasteiger partial charge is 0.124 e. The molecule has 3 heteroatoms. The third kappa shape index (κ3) is 6.13. The average Bonchev–Trinajstić information content (AvgIpc) is 2.37. The quantitative estimate of drug-likeness (QED) is 0.712. The molecule has 0 saturated heterocycles. The van der Waals surface area contributed by atoms with Gasteiger partial charge in [-0.1, -0.05) is 39.0 Å². The predicted octanol–water partition coefficient (Wildman–Crippen LogP) is 4.43. The Morgan fingerprint density at radius 1 is 1.42 bits per heavy atom. The molecule has 1 rings (SSSR count). The molecule has 106 valence electrons. The van der Waals surface area contributed by atoms with E-state index in [1.807, 2.05) is 18.2 Å². The Kier molecular flexibility index (Phi) is 6.96. The van der Waals surface area contributed by atoms with Crippen LogP contribution in [0, 0.1) is 5.92 Å². The van der Waals surface area contributed by atoms with Crippen LogP contribution in [0.4, 0.5) is 0 Å². The number of nitrogens with one attached hydrogen (secondary N) is 1. The average molecular weight is 282 g/mol. The van der Waals surface area contributed by atoms with Gasteiger partial charge in [-0.25, -0.2) is 0 Å². The van der Waals surface area contributed by atoms with Crippen LogP contribution in [0.5, 0.6) is 5.75 Å². The third-order valence-corrected chi connectivity index (χ3v) is 3.06. The summed E-state index contributed by atoms with van der Waals surface area (Å²) in [5.41, 5.74) is 2.19. The number of rotatable bonds is 8. The van der Waals surface area contributed by atoms with Crippen molar-refractivity contribution >= 4 is 11.6 Å². The molecule has 0 atom stereocenters. The zero-order chi connectivity index (χ0) is 14.3. The standard InChI is InChI=1S/C16H24ClNO/c1-5-13(4)11-19-16-7-6-15(17)8-14(16)10-18-9-12(2)3/h6-8,12,18H,4-5,9-11H2,1-3H3. The Labute approximate surface area is 121 Å². The maximum absolute atomic E-state index is 6.05. The van der Waals surface area contributed by atoms with E-state index < -0.39 is 0 Å². The highest BCUT2D eigenvalue weighted by Crippen LogP contribution is 2.23. The van der Waals surface area contributed by atoms with Gasteiger partial charge < -0.3 is 10.1 Å². The summed E-state index contributed by atoms with van der Waals surface area (Å²) in [5.74, 6) is 1.51. The van der Waals surface area contributed by atoms with Crippen LogP contribution in [0.15, 0.2) is 30.4 Å². The number of benzene rings is 1. The van der Waals surface area contributed by atoms with Gasteiger partial charge in [-0.2, -0.15) is 0 Å². The van der Waals surface area contributed by atoms with Gasteiger partial charge >= 0.3 is 0 Å². The number of hydrogen-bond acceptors (Lipinski definition) is 2. The van der Waals surface area contributed by atoms with E-state index in [0.29, 0.717) is 12.5 Å². The fourth-order valence-corrected chi connectivity index (χ4v) is 1.80. The van der Waals surface area contributed by atoms with Gasteiger partial charge in [0.05, 0.1) is 0 Å². The van der Waals surface area contributed by atoms with E-state index in [-0.39, 0.29) is 0 Å². The molecule has 0 amide bonds. The lowest BCUT2D eigenvalue weighted by molar-refractivity contribution is 0.344. The third-order valence-electron chi connectivity index (χ3n) is 2.82. The summed E-state index contributed by atoms with van der Waals surface area (Å²) in [6.07, 6.45) is 0.939. The van der Waals surface area contributed by atoms with Crippen molar-refractivity contribution in [3.05, 3.63) is 40.9 Å².